The van der Waals surface area contributed by atoms with Crippen molar-refractivity contribution in [1.82, 2.24) is 4.98 Å². The third-order valence-electron chi connectivity index (χ3n) is 2.83. The first-order chi connectivity index (χ1) is 9.10. The maximum Gasteiger partial charge on any atom is 0.130 e. The van der Waals surface area contributed by atoms with Crippen LogP contribution in [0, 0.1) is 18.3 Å². The van der Waals surface area contributed by atoms with Crippen LogP contribution in [0.2, 0.25) is 0 Å². The molecule has 0 aliphatic heterocycles. The topological polar surface area (TPSA) is 39.9 Å². The number of benzene rings is 1. The van der Waals surface area contributed by atoms with Crippen LogP contribution in [0.15, 0.2) is 40.9 Å². The molecular formula is C15H14BrN3. The fourth-order valence-corrected chi connectivity index (χ4v) is 2.28. The number of rotatable bonds is 3. The van der Waals surface area contributed by atoms with E-state index >= 15 is 0 Å². The zero-order valence-corrected chi connectivity index (χ0v) is 12.5. The van der Waals surface area contributed by atoms with Crippen molar-refractivity contribution in [1.29, 1.82) is 5.26 Å². The van der Waals surface area contributed by atoms with E-state index in [0.29, 0.717) is 5.56 Å². The summed E-state index contributed by atoms with van der Waals surface area (Å²) in [5.41, 5.74) is 2.68. The third kappa shape index (κ3) is 3.33. The molecule has 19 heavy (non-hydrogen) atoms. The lowest BCUT2D eigenvalue weighted by Gasteiger charge is -2.19. The molecule has 1 aromatic carbocycles. The Morgan fingerprint density at radius 1 is 1.32 bits per heavy atom. The van der Waals surface area contributed by atoms with E-state index in [1.807, 2.05) is 43.1 Å². The van der Waals surface area contributed by atoms with Crippen LogP contribution in [0.5, 0.6) is 0 Å². The van der Waals surface area contributed by atoms with Crippen LogP contribution in [0.25, 0.3) is 0 Å². The van der Waals surface area contributed by atoms with E-state index in [2.05, 4.69) is 33.0 Å². The van der Waals surface area contributed by atoms with Crippen LogP contribution in [0.1, 0.15) is 16.8 Å². The predicted octanol–water partition coefficient (Wildman–Crippen LogP) is 3.66. The first-order valence-corrected chi connectivity index (χ1v) is 6.73. The average Bonchev–Trinajstić information content (AvgIpc) is 2.40. The summed E-state index contributed by atoms with van der Waals surface area (Å²) in [4.78, 5) is 6.50. The van der Waals surface area contributed by atoms with Gasteiger partial charge in [0.05, 0.1) is 11.6 Å². The van der Waals surface area contributed by atoms with Crippen LogP contribution in [-0.4, -0.2) is 12.0 Å². The summed E-state index contributed by atoms with van der Waals surface area (Å²) in [7, 11) is 1.97. The Morgan fingerprint density at radius 3 is 2.74 bits per heavy atom. The van der Waals surface area contributed by atoms with Gasteiger partial charge in [-0.2, -0.15) is 5.26 Å². The zero-order valence-electron chi connectivity index (χ0n) is 10.9. The molecule has 0 radical (unpaired) electrons. The monoisotopic (exact) mass is 315 g/mol. The number of aromatic nitrogens is 1. The standard InChI is InChI=1S/C15H14BrN3/c1-11-7-12(9-17)8-15(18-11)19(2)10-13-5-3-4-6-14(13)16/h3-8H,10H2,1-2H3. The summed E-state index contributed by atoms with van der Waals surface area (Å²) in [5, 5.41) is 9.00. The summed E-state index contributed by atoms with van der Waals surface area (Å²) < 4.78 is 1.08. The Hall–Kier alpha value is -1.86. The molecule has 96 valence electrons. The molecule has 0 unspecified atom stereocenters. The van der Waals surface area contributed by atoms with Crippen LogP contribution in [0.3, 0.4) is 0 Å². The molecule has 4 heteroatoms. The van der Waals surface area contributed by atoms with Gasteiger partial charge in [-0.25, -0.2) is 4.98 Å². The molecule has 2 aromatic rings. The maximum atomic E-state index is 9.00. The normalized spacial score (nSPS) is 10.0. The van der Waals surface area contributed by atoms with Crippen molar-refractivity contribution in [2.45, 2.75) is 13.5 Å². The van der Waals surface area contributed by atoms with Crippen molar-refractivity contribution in [2.24, 2.45) is 0 Å². The van der Waals surface area contributed by atoms with E-state index in [4.69, 9.17) is 5.26 Å². The largest absolute Gasteiger partial charge is 0.355 e. The SMILES string of the molecule is Cc1cc(C#N)cc(N(C)Cc2ccccc2Br)n1. The molecule has 0 N–H and O–H groups in total. The third-order valence-corrected chi connectivity index (χ3v) is 3.60. The molecule has 0 atom stereocenters. The summed E-state index contributed by atoms with van der Waals surface area (Å²) >= 11 is 3.54. The lowest BCUT2D eigenvalue weighted by molar-refractivity contribution is 0.888. The highest BCUT2D eigenvalue weighted by atomic mass is 79.9. The van der Waals surface area contributed by atoms with Crippen molar-refractivity contribution >= 4 is 21.7 Å². The number of anilines is 1. The molecule has 1 aromatic heterocycles. The van der Waals surface area contributed by atoms with E-state index in [9.17, 15) is 0 Å². The quantitative estimate of drug-likeness (QED) is 0.867. The van der Waals surface area contributed by atoms with Gasteiger partial charge in [-0.15, -0.1) is 0 Å². The van der Waals surface area contributed by atoms with Crippen molar-refractivity contribution in [2.75, 3.05) is 11.9 Å². The van der Waals surface area contributed by atoms with E-state index in [1.165, 1.54) is 5.56 Å². The molecule has 0 amide bonds. The molecule has 3 nitrogen and oxygen atoms in total. The number of hydrogen-bond donors (Lipinski definition) is 0. The summed E-state index contributed by atoms with van der Waals surface area (Å²) in [6.07, 6.45) is 0. The number of pyridine rings is 1. The second-order valence-electron chi connectivity index (χ2n) is 4.41. The smallest absolute Gasteiger partial charge is 0.130 e. The average molecular weight is 316 g/mol. The molecule has 0 spiro atoms. The summed E-state index contributed by atoms with van der Waals surface area (Å²) in [6, 6.07) is 13.9. The fraction of sp³-hybridized carbons (Fsp3) is 0.200. The van der Waals surface area contributed by atoms with Crippen molar-refractivity contribution in [3.63, 3.8) is 0 Å². The van der Waals surface area contributed by atoms with E-state index < -0.39 is 0 Å². The number of aryl methyl sites for hydroxylation is 1. The minimum absolute atomic E-state index is 0.640. The van der Waals surface area contributed by atoms with Gasteiger partial charge in [0, 0.05) is 23.8 Å². The molecule has 2 rings (SSSR count). The molecule has 0 bridgehead atoms. The molecule has 0 saturated heterocycles. The van der Waals surface area contributed by atoms with Crippen molar-refractivity contribution in [3.05, 3.63) is 57.7 Å². The van der Waals surface area contributed by atoms with Gasteiger partial charge in [-0.05, 0) is 30.7 Å². The predicted molar refractivity (Wildman–Crippen MR) is 79.9 cm³/mol. The highest BCUT2D eigenvalue weighted by molar-refractivity contribution is 9.10. The number of hydrogen-bond acceptors (Lipinski definition) is 3. The van der Waals surface area contributed by atoms with Crippen LogP contribution in [0.4, 0.5) is 5.82 Å². The second-order valence-corrected chi connectivity index (χ2v) is 5.27. The highest BCUT2D eigenvalue weighted by Crippen LogP contribution is 2.20. The summed E-state index contributed by atoms with van der Waals surface area (Å²) in [5.74, 6) is 0.812. The van der Waals surface area contributed by atoms with E-state index in [1.54, 1.807) is 6.07 Å². The molecule has 0 aliphatic carbocycles. The Balaban J connectivity index is 2.26. The second kappa shape index (κ2) is 5.85. The Morgan fingerprint density at radius 2 is 2.05 bits per heavy atom. The number of nitriles is 1. The maximum absolute atomic E-state index is 9.00. The van der Waals surface area contributed by atoms with Gasteiger partial charge in [0.25, 0.3) is 0 Å². The van der Waals surface area contributed by atoms with Crippen molar-refractivity contribution in [3.8, 4) is 6.07 Å². The lowest BCUT2D eigenvalue weighted by Crippen LogP contribution is -2.18. The molecule has 1 heterocycles. The van der Waals surface area contributed by atoms with Gasteiger partial charge in [-0.3, -0.25) is 0 Å². The van der Waals surface area contributed by atoms with E-state index in [-0.39, 0.29) is 0 Å². The molecular weight excluding hydrogens is 302 g/mol. The first kappa shape index (κ1) is 13.6. The number of nitrogens with zero attached hydrogens (tertiary/aromatic N) is 3. The molecule has 0 fully saturated rings. The lowest BCUT2D eigenvalue weighted by atomic mass is 10.2. The molecule has 0 aliphatic rings. The zero-order chi connectivity index (χ0) is 13.8. The van der Waals surface area contributed by atoms with Gasteiger partial charge in [0.1, 0.15) is 5.82 Å². The Bertz CT molecular complexity index is 632. The first-order valence-electron chi connectivity index (χ1n) is 5.93. The van der Waals surface area contributed by atoms with E-state index in [0.717, 1.165) is 22.5 Å². The Kier molecular flexibility index (Phi) is 4.18. The van der Waals surface area contributed by atoms with Crippen LogP contribution >= 0.6 is 15.9 Å². The Labute approximate surface area is 121 Å². The fourth-order valence-electron chi connectivity index (χ4n) is 1.87. The highest BCUT2D eigenvalue weighted by Gasteiger charge is 2.08. The van der Waals surface area contributed by atoms with Gasteiger partial charge < -0.3 is 4.90 Å². The van der Waals surface area contributed by atoms with Crippen LogP contribution in [-0.2, 0) is 6.54 Å². The van der Waals surface area contributed by atoms with Gasteiger partial charge in [-0.1, -0.05) is 34.1 Å². The minimum atomic E-state index is 0.640. The van der Waals surface area contributed by atoms with Gasteiger partial charge in [0.2, 0.25) is 0 Å². The van der Waals surface area contributed by atoms with Crippen molar-refractivity contribution < 1.29 is 0 Å². The van der Waals surface area contributed by atoms with Gasteiger partial charge in [0.15, 0.2) is 0 Å². The number of halogens is 1. The molecule has 0 saturated carbocycles. The van der Waals surface area contributed by atoms with Gasteiger partial charge >= 0.3 is 0 Å². The van der Waals surface area contributed by atoms with Crippen LogP contribution < -0.4 is 4.90 Å². The minimum Gasteiger partial charge on any atom is -0.355 e. The summed E-state index contributed by atoms with van der Waals surface area (Å²) in [6.45, 7) is 2.64.